The lowest BCUT2D eigenvalue weighted by Crippen LogP contribution is -1.98. The average molecular weight is 282 g/mol. The summed E-state index contributed by atoms with van der Waals surface area (Å²) in [6.45, 7) is 0.537. The number of benzene rings is 2. The van der Waals surface area contributed by atoms with Crippen LogP contribution in [0.2, 0.25) is 0 Å². The van der Waals surface area contributed by atoms with Crippen molar-refractivity contribution in [1.29, 1.82) is 0 Å². The summed E-state index contributed by atoms with van der Waals surface area (Å²) in [4.78, 5) is 0. The quantitative estimate of drug-likeness (QED) is 0.828. The minimum atomic E-state index is 0.0313. The molecule has 108 valence electrons. The number of aliphatic hydroxyl groups excluding tert-OH is 2. The Morgan fingerprint density at radius 1 is 0.952 bits per heavy atom. The summed E-state index contributed by atoms with van der Waals surface area (Å²) >= 11 is 0. The van der Waals surface area contributed by atoms with E-state index in [1.807, 2.05) is 48.5 Å². The lowest BCUT2D eigenvalue weighted by molar-refractivity contribution is 0.280. The summed E-state index contributed by atoms with van der Waals surface area (Å²) in [6.07, 6.45) is 0.470. The predicted octanol–water partition coefficient (Wildman–Crippen LogP) is 2.49. The Morgan fingerprint density at radius 2 is 1.71 bits per heavy atom. The van der Waals surface area contributed by atoms with Crippen LogP contribution in [0.1, 0.15) is 23.1 Å². The molecule has 3 heteroatoms. The highest BCUT2D eigenvalue weighted by molar-refractivity contribution is 5.41. The van der Waals surface area contributed by atoms with Crippen molar-refractivity contribution in [3.63, 3.8) is 0 Å². The fraction of sp³-hybridized carbons (Fsp3) is 0.222. The zero-order valence-corrected chi connectivity index (χ0v) is 11.7. The Balaban J connectivity index is 2.04. The van der Waals surface area contributed by atoms with Crippen molar-refractivity contribution in [2.45, 2.75) is 19.6 Å². The fourth-order valence-electron chi connectivity index (χ4n) is 1.83. The second-order valence-electron chi connectivity index (χ2n) is 4.52. The molecule has 3 nitrogen and oxygen atoms in total. The monoisotopic (exact) mass is 282 g/mol. The van der Waals surface area contributed by atoms with Gasteiger partial charge in [0.25, 0.3) is 0 Å². The minimum Gasteiger partial charge on any atom is -0.489 e. The zero-order valence-electron chi connectivity index (χ0n) is 11.7. The van der Waals surface area contributed by atoms with Crippen LogP contribution in [0.5, 0.6) is 5.75 Å². The molecule has 0 aromatic heterocycles. The van der Waals surface area contributed by atoms with E-state index in [0.717, 1.165) is 22.4 Å². The molecule has 0 saturated carbocycles. The van der Waals surface area contributed by atoms with Gasteiger partial charge < -0.3 is 14.9 Å². The Kier molecular flexibility index (Phi) is 5.83. The highest BCUT2D eigenvalue weighted by Crippen LogP contribution is 2.16. The van der Waals surface area contributed by atoms with Crippen LogP contribution < -0.4 is 4.74 Å². The van der Waals surface area contributed by atoms with Gasteiger partial charge in [-0.15, -0.1) is 0 Å². The average Bonchev–Trinajstić information content (AvgIpc) is 2.54. The van der Waals surface area contributed by atoms with Gasteiger partial charge in [-0.3, -0.25) is 0 Å². The first-order valence-corrected chi connectivity index (χ1v) is 6.83. The van der Waals surface area contributed by atoms with Gasteiger partial charge in [0.15, 0.2) is 0 Å². The number of rotatable bonds is 5. The molecular weight excluding hydrogens is 264 g/mol. The van der Waals surface area contributed by atoms with Crippen molar-refractivity contribution in [3.8, 4) is 17.6 Å². The number of aliphatic hydroxyl groups is 2. The highest BCUT2D eigenvalue weighted by atomic mass is 16.5. The van der Waals surface area contributed by atoms with Crippen LogP contribution in [0.3, 0.4) is 0 Å². The molecule has 2 aromatic carbocycles. The van der Waals surface area contributed by atoms with Crippen LogP contribution in [-0.4, -0.2) is 16.8 Å². The lowest BCUT2D eigenvalue weighted by Gasteiger charge is -2.08. The van der Waals surface area contributed by atoms with Crippen molar-refractivity contribution in [1.82, 2.24) is 0 Å². The molecule has 21 heavy (non-hydrogen) atoms. The first kappa shape index (κ1) is 15.1. The normalized spacial score (nSPS) is 9.81. The van der Waals surface area contributed by atoms with E-state index in [4.69, 9.17) is 14.9 Å². The minimum absolute atomic E-state index is 0.0313. The van der Waals surface area contributed by atoms with Gasteiger partial charge in [0.2, 0.25) is 0 Å². The molecule has 0 aliphatic rings. The van der Waals surface area contributed by atoms with Crippen molar-refractivity contribution in [2.24, 2.45) is 0 Å². The van der Waals surface area contributed by atoms with Crippen molar-refractivity contribution >= 4 is 0 Å². The largest absolute Gasteiger partial charge is 0.489 e. The summed E-state index contributed by atoms with van der Waals surface area (Å²) in [6, 6.07) is 15.2. The van der Waals surface area contributed by atoms with E-state index < -0.39 is 0 Å². The first-order valence-electron chi connectivity index (χ1n) is 6.83. The van der Waals surface area contributed by atoms with Gasteiger partial charge in [-0.2, -0.15) is 0 Å². The zero-order chi connectivity index (χ0) is 14.9. The molecular formula is C18H18O3. The third-order valence-corrected chi connectivity index (χ3v) is 2.98. The third kappa shape index (κ3) is 4.64. The Morgan fingerprint density at radius 3 is 2.43 bits per heavy atom. The molecule has 0 fully saturated rings. The second kappa shape index (κ2) is 8.11. The highest BCUT2D eigenvalue weighted by Gasteiger charge is 2.01. The van der Waals surface area contributed by atoms with E-state index >= 15 is 0 Å². The van der Waals surface area contributed by atoms with Gasteiger partial charge in [-0.05, 0) is 23.8 Å². The molecule has 0 spiro atoms. The third-order valence-electron chi connectivity index (χ3n) is 2.98. The van der Waals surface area contributed by atoms with E-state index in [2.05, 4.69) is 11.8 Å². The SMILES string of the molecule is OCCC#Cc1ccccc1COc1ccc(CO)cc1. The molecule has 2 aromatic rings. The molecule has 2 rings (SSSR count). The summed E-state index contributed by atoms with van der Waals surface area (Å²) in [5.41, 5.74) is 2.78. The van der Waals surface area contributed by atoms with Gasteiger partial charge in [-0.25, -0.2) is 0 Å². The predicted molar refractivity (Wildman–Crippen MR) is 81.7 cm³/mol. The van der Waals surface area contributed by atoms with Gasteiger partial charge >= 0.3 is 0 Å². The van der Waals surface area contributed by atoms with Gasteiger partial charge in [0, 0.05) is 17.5 Å². The van der Waals surface area contributed by atoms with Gasteiger partial charge in [-0.1, -0.05) is 42.2 Å². The maximum Gasteiger partial charge on any atom is 0.119 e. The lowest BCUT2D eigenvalue weighted by atomic mass is 10.1. The van der Waals surface area contributed by atoms with Crippen LogP contribution in [-0.2, 0) is 13.2 Å². The summed E-state index contributed by atoms with van der Waals surface area (Å²) in [7, 11) is 0. The molecule has 0 amide bonds. The number of hydrogen-bond donors (Lipinski definition) is 2. The maximum atomic E-state index is 9.00. The van der Waals surface area contributed by atoms with Crippen LogP contribution >= 0.6 is 0 Å². The van der Waals surface area contributed by atoms with Crippen molar-refractivity contribution in [2.75, 3.05) is 6.61 Å². The smallest absolute Gasteiger partial charge is 0.119 e. The maximum absolute atomic E-state index is 9.00. The molecule has 0 aliphatic carbocycles. The van der Waals surface area contributed by atoms with Crippen LogP contribution in [0.25, 0.3) is 0 Å². The van der Waals surface area contributed by atoms with Crippen LogP contribution in [0.15, 0.2) is 48.5 Å². The molecule has 0 unspecified atom stereocenters. The molecule has 0 bridgehead atoms. The molecule has 0 aliphatic heterocycles. The van der Waals surface area contributed by atoms with E-state index in [0.29, 0.717) is 13.0 Å². The summed E-state index contributed by atoms with van der Waals surface area (Å²) in [5.74, 6) is 6.72. The Labute approximate surface area is 124 Å². The fourth-order valence-corrected chi connectivity index (χ4v) is 1.83. The van der Waals surface area contributed by atoms with Crippen LogP contribution in [0, 0.1) is 11.8 Å². The Bertz CT molecular complexity index is 621. The van der Waals surface area contributed by atoms with Crippen LogP contribution in [0.4, 0.5) is 0 Å². The van der Waals surface area contributed by atoms with E-state index in [1.54, 1.807) is 0 Å². The molecule has 0 heterocycles. The van der Waals surface area contributed by atoms with Gasteiger partial charge in [0.1, 0.15) is 12.4 Å². The molecule has 2 N–H and O–H groups in total. The van der Waals surface area contributed by atoms with Gasteiger partial charge in [0.05, 0.1) is 13.2 Å². The molecule has 0 radical (unpaired) electrons. The van der Waals surface area contributed by atoms with Crippen molar-refractivity contribution < 1.29 is 14.9 Å². The topological polar surface area (TPSA) is 49.7 Å². The Hall–Kier alpha value is -2.28. The van der Waals surface area contributed by atoms with E-state index in [9.17, 15) is 0 Å². The van der Waals surface area contributed by atoms with E-state index in [1.165, 1.54) is 0 Å². The number of hydrogen-bond acceptors (Lipinski definition) is 3. The summed E-state index contributed by atoms with van der Waals surface area (Å²) < 4.78 is 5.74. The van der Waals surface area contributed by atoms with E-state index in [-0.39, 0.29) is 13.2 Å². The molecule has 0 saturated heterocycles. The standard InChI is InChI=1S/C18H18O3/c19-12-4-3-6-16-5-1-2-7-17(16)14-21-18-10-8-15(13-20)9-11-18/h1-2,5,7-11,19-20H,4,12-14H2. The first-order chi connectivity index (χ1) is 10.3. The second-order valence-corrected chi connectivity index (χ2v) is 4.52. The summed E-state index contributed by atoms with van der Waals surface area (Å²) in [5, 5.41) is 17.8. The van der Waals surface area contributed by atoms with Crippen molar-refractivity contribution in [3.05, 3.63) is 65.2 Å². The number of ether oxygens (including phenoxy) is 1. The molecule has 0 atom stereocenters.